The lowest BCUT2D eigenvalue weighted by Gasteiger charge is -2.20. The Morgan fingerprint density at radius 1 is 1.35 bits per heavy atom. The number of nitrogens with zero attached hydrogens (tertiary/aromatic N) is 2. The van der Waals surface area contributed by atoms with Gasteiger partial charge in [0.15, 0.2) is 0 Å². The fourth-order valence-corrected chi connectivity index (χ4v) is 2.19. The van der Waals surface area contributed by atoms with Crippen molar-refractivity contribution in [3.8, 4) is 0 Å². The third-order valence-electron chi connectivity index (χ3n) is 3.26. The summed E-state index contributed by atoms with van der Waals surface area (Å²) in [7, 11) is 0. The molecule has 0 aromatic carbocycles. The minimum atomic E-state index is -0.278. The minimum Gasteiger partial charge on any atom is -0.341 e. The van der Waals surface area contributed by atoms with Crippen molar-refractivity contribution in [2.24, 2.45) is 0 Å². The SMILES string of the molecule is O=C(NCCN1CCCCCC1=O)Nc1cccnc1. The number of aromatic nitrogens is 1. The van der Waals surface area contributed by atoms with Crippen molar-refractivity contribution in [1.82, 2.24) is 15.2 Å². The predicted octanol–water partition coefficient (Wildman–Crippen LogP) is 1.61. The van der Waals surface area contributed by atoms with Crippen molar-refractivity contribution >= 4 is 17.6 Å². The summed E-state index contributed by atoms with van der Waals surface area (Å²) in [4.78, 5) is 29.2. The summed E-state index contributed by atoms with van der Waals surface area (Å²) >= 11 is 0. The second-order valence-electron chi connectivity index (χ2n) is 4.81. The summed E-state index contributed by atoms with van der Waals surface area (Å²) in [6, 6.07) is 3.25. The van der Waals surface area contributed by atoms with E-state index >= 15 is 0 Å². The Morgan fingerprint density at radius 3 is 3.05 bits per heavy atom. The molecule has 0 unspecified atom stereocenters. The summed E-state index contributed by atoms with van der Waals surface area (Å²) in [5.41, 5.74) is 0.649. The molecule has 1 aliphatic rings. The lowest BCUT2D eigenvalue weighted by Crippen LogP contribution is -2.39. The average molecular weight is 276 g/mol. The smallest absolute Gasteiger partial charge is 0.319 e. The Balaban J connectivity index is 1.69. The van der Waals surface area contributed by atoms with Crippen molar-refractivity contribution < 1.29 is 9.59 Å². The van der Waals surface area contributed by atoms with Crippen molar-refractivity contribution in [2.75, 3.05) is 25.0 Å². The zero-order valence-electron chi connectivity index (χ0n) is 11.5. The van der Waals surface area contributed by atoms with E-state index in [4.69, 9.17) is 0 Å². The van der Waals surface area contributed by atoms with Gasteiger partial charge in [-0.25, -0.2) is 4.79 Å². The Labute approximate surface area is 118 Å². The molecule has 0 atom stereocenters. The quantitative estimate of drug-likeness (QED) is 0.877. The molecule has 1 aromatic heterocycles. The van der Waals surface area contributed by atoms with Crippen molar-refractivity contribution in [3.05, 3.63) is 24.5 Å². The molecule has 6 nitrogen and oxygen atoms in total. The van der Waals surface area contributed by atoms with Crippen LogP contribution in [0.1, 0.15) is 25.7 Å². The van der Waals surface area contributed by atoms with Gasteiger partial charge in [0.1, 0.15) is 0 Å². The first-order valence-electron chi connectivity index (χ1n) is 6.98. The van der Waals surface area contributed by atoms with E-state index in [0.717, 1.165) is 25.8 Å². The van der Waals surface area contributed by atoms with Gasteiger partial charge in [0.05, 0.1) is 11.9 Å². The molecule has 0 spiro atoms. The van der Waals surface area contributed by atoms with Gasteiger partial charge in [-0.2, -0.15) is 0 Å². The van der Waals surface area contributed by atoms with Gasteiger partial charge in [0, 0.05) is 32.3 Å². The average Bonchev–Trinajstić information content (AvgIpc) is 2.65. The molecule has 108 valence electrons. The van der Waals surface area contributed by atoms with Crippen LogP contribution in [0.15, 0.2) is 24.5 Å². The molecular weight excluding hydrogens is 256 g/mol. The van der Waals surface area contributed by atoms with Crippen LogP contribution >= 0.6 is 0 Å². The normalized spacial score (nSPS) is 15.6. The third-order valence-corrected chi connectivity index (χ3v) is 3.26. The number of amides is 3. The number of likely N-dealkylation sites (tertiary alicyclic amines) is 1. The zero-order valence-corrected chi connectivity index (χ0v) is 11.5. The van der Waals surface area contributed by atoms with Crippen LogP contribution in [0.2, 0.25) is 0 Å². The van der Waals surface area contributed by atoms with Crippen LogP contribution in [-0.4, -0.2) is 41.5 Å². The van der Waals surface area contributed by atoms with Gasteiger partial charge in [-0.15, -0.1) is 0 Å². The van der Waals surface area contributed by atoms with Gasteiger partial charge < -0.3 is 15.5 Å². The molecule has 0 bridgehead atoms. The zero-order chi connectivity index (χ0) is 14.2. The minimum absolute atomic E-state index is 0.192. The molecule has 0 aliphatic carbocycles. The Kier molecular flexibility index (Phi) is 5.34. The van der Waals surface area contributed by atoms with E-state index in [9.17, 15) is 9.59 Å². The number of carbonyl (C=O) groups is 2. The topological polar surface area (TPSA) is 74.3 Å². The standard InChI is InChI=1S/C14H20N4O2/c19-13-6-2-1-3-9-18(13)10-8-16-14(20)17-12-5-4-7-15-11-12/h4-5,7,11H,1-3,6,8-10H2,(H2,16,17,20). The first-order chi connectivity index (χ1) is 9.75. The molecule has 1 fully saturated rings. The van der Waals surface area contributed by atoms with Crippen LogP contribution in [0.4, 0.5) is 10.5 Å². The van der Waals surface area contributed by atoms with Crippen molar-refractivity contribution in [3.63, 3.8) is 0 Å². The Morgan fingerprint density at radius 2 is 2.25 bits per heavy atom. The number of pyridine rings is 1. The number of carbonyl (C=O) groups excluding carboxylic acids is 2. The van der Waals surface area contributed by atoms with Gasteiger partial charge >= 0.3 is 6.03 Å². The summed E-state index contributed by atoms with van der Waals surface area (Å²) in [6.07, 6.45) is 6.99. The molecule has 0 saturated carbocycles. The number of rotatable bonds is 4. The highest BCUT2D eigenvalue weighted by Gasteiger charge is 2.15. The lowest BCUT2D eigenvalue weighted by molar-refractivity contribution is -0.130. The maximum Gasteiger partial charge on any atom is 0.319 e. The monoisotopic (exact) mass is 276 g/mol. The number of urea groups is 1. The van der Waals surface area contributed by atoms with Gasteiger partial charge in [-0.1, -0.05) is 6.42 Å². The number of hydrogen-bond acceptors (Lipinski definition) is 3. The van der Waals surface area contributed by atoms with Crippen LogP contribution < -0.4 is 10.6 Å². The first-order valence-corrected chi connectivity index (χ1v) is 6.98. The van der Waals surface area contributed by atoms with E-state index in [1.54, 1.807) is 24.5 Å². The summed E-state index contributed by atoms with van der Waals surface area (Å²) in [5, 5.41) is 5.43. The first kappa shape index (κ1) is 14.3. The Bertz CT molecular complexity index is 450. The van der Waals surface area contributed by atoms with Crippen LogP contribution in [0.25, 0.3) is 0 Å². The van der Waals surface area contributed by atoms with Gasteiger partial charge in [-0.3, -0.25) is 9.78 Å². The number of nitrogens with one attached hydrogen (secondary N) is 2. The summed E-state index contributed by atoms with van der Waals surface area (Å²) < 4.78 is 0. The van der Waals surface area contributed by atoms with E-state index in [1.165, 1.54) is 0 Å². The molecule has 0 radical (unpaired) electrons. The second-order valence-corrected chi connectivity index (χ2v) is 4.81. The molecule has 2 rings (SSSR count). The third kappa shape index (κ3) is 4.53. The van der Waals surface area contributed by atoms with E-state index in [0.29, 0.717) is 25.2 Å². The molecule has 1 saturated heterocycles. The molecule has 20 heavy (non-hydrogen) atoms. The van der Waals surface area contributed by atoms with Crippen LogP contribution in [-0.2, 0) is 4.79 Å². The predicted molar refractivity (Wildman–Crippen MR) is 76.3 cm³/mol. The molecule has 6 heteroatoms. The Hall–Kier alpha value is -2.11. The highest BCUT2D eigenvalue weighted by molar-refractivity contribution is 5.88. The van der Waals surface area contributed by atoms with E-state index < -0.39 is 0 Å². The molecule has 1 aliphatic heterocycles. The molecule has 2 heterocycles. The molecule has 1 aromatic rings. The van der Waals surface area contributed by atoms with E-state index in [1.807, 2.05) is 4.90 Å². The summed E-state index contributed by atoms with van der Waals surface area (Å²) in [6.45, 7) is 1.82. The van der Waals surface area contributed by atoms with Gasteiger partial charge in [0.25, 0.3) is 0 Å². The highest BCUT2D eigenvalue weighted by atomic mass is 16.2. The van der Waals surface area contributed by atoms with Crippen molar-refractivity contribution in [2.45, 2.75) is 25.7 Å². The van der Waals surface area contributed by atoms with Crippen LogP contribution in [0, 0.1) is 0 Å². The highest BCUT2D eigenvalue weighted by Crippen LogP contribution is 2.10. The van der Waals surface area contributed by atoms with Crippen LogP contribution in [0.3, 0.4) is 0 Å². The fraction of sp³-hybridized carbons (Fsp3) is 0.500. The number of anilines is 1. The maximum atomic E-state index is 11.8. The molecule has 3 amide bonds. The van der Waals surface area contributed by atoms with Gasteiger partial charge in [-0.05, 0) is 25.0 Å². The lowest BCUT2D eigenvalue weighted by atomic mass is 10.2. The molecular formula is C14H20N4O2. The second kappa shape index (κ2) is 7.47. The van der Waals surface area contributed by atoms with Gasteiger partial charge in [0.2, 0.25) is 5.91 Å². The summed E-state index contributed by atoms with van der Waals surface area (Å²) in [5.74, 6) is 0.192. The van der Waals surface area contributed by atoms with Crippen molar-refractivity contribution in [1.29, 1.82) is 0 Å². The van der Waals surface area contributed by atoms with E-state index in [2.05, 4.69) is 15.6 Å². The number of hydrogen-bond donors (Lipinski definition) is 2. The molecule has 2 N–H and O–H groups in total. The largest absolute Gasteiger partial charge is 0.341 e. The van der Waals surface area contributed by atoms with E-state index in [-0.39, 0.29) is 11.9 Å². The maximum absolute atomic E-state index is 11.8. The fourth-order valence-electron chi connectivity index (χ4n) is 2.19. The van der Waals surface area contributed by atoms with Crippen LogP contribution in [0.5, 0.6) is 0 Å².